The Kier molecular flexibility index (Phi) is 19.0. The van der Waals surface area contributed by atoms with E-state index in [0.717, 1.165) is 9.87 Å². The molecule has 7 rings (SSSR count). The van der Waals surface area contributed by atoms with E-state index in [1.807, 2.05) is 89.2 Å². The maximum absolute atomic E-state index is 14.0. The standard InChI is InChI=1S/C32H49N5O8S.C24H43N5O6S/c1-30(2,3)22(18-35-15-16-37(46(35,42)43)29(41)45-19-20-13-11-10-12-14-20)33-28(40)34-25(31(4,5)6)26(38)36-17-21-23(32(21,7)8)24(36)27(39)44-9;1-22(2,3)15(13-28-11-10-25-36(28,33)34)26-21(32)27-18(23(4,5)6)19(30)29-12-14-16(24(14,7)8)17(29)20(31)35-9/h10-14,21-25H,15-19H2,1-9H3,(H2,33,34,40);14-18,25H,10-13H2,1-9H3,(H2,26,27,32)/t21-,22+,23-,24-,25+;14-,15+,16-,17-,18+/m00/s1. The number of hydrogen-bond donors (Lipinski definition) is 5. The lowest BCUT2D eigenvalue weighted by Gasteiger charge is -2.38. The van der Waals surface area contributed by atoms with Crippen LogP contribution in [-0.4, -0.2) is 184 Å². The second-order valence-corrected chi connectivity index (χ2v) is 31.8. The highest BCUT2D eigenvalue weighted by Crippen LogP contribution is 2.66. The second-order valence-electron chi connectivity index (χ2n) is 28.2. The largest absolute Gasteiger partial charge is 0.467 e. The van der Waals surface area contributed by atoms with Crippen molar-refractivity contribution in [2.75, 3.05) is 66.6 Å². The second kappa shape index (κ2) is 23.6. The number of hydrogen-bond acceptors (Lipinski definition) is 14. The predicted molar refractivity (Wildman–Crippen MR) is 305 cm³/mol. The number of methoxy groups -OCH3 is 2. The third kappa shape index (κ3) is 14.1. The van der Waals surface area contributed by atoms with Gasteiger partial charge in [-0.05, 0) is 49.9 Å². The van der Waals surface area contributed by atoms with Gasteiger partial charge >= 0.3 is 40.3 Å². The van der Waals surface area contributed by atoms with Crippen molar-refractivity contribution in [1.82, 2.24) is 48.7 Å². The summed E-state index contributed by atoms with van der Waals surface area (Å²) < 4.78 is 72.2. The van der Waals surface area contributed by atoms with Crippen LogP contribution in [0.5, 0.6) is 0 Å². The first-order valence-electron chi connectivity index (χ1n) is 28.2. The van der Waals surface area contributed by atoms with Gasteiger partial charge in [-0.25, -0.2) is 28.7 Å². The molecule has 1 aromatic rings. The van der Waals surface area contributed by atoms with Crippen LogP contribution in [0.15, 0.2) is 30.3 Å². The fourth-order valence-electron chi connectivity index (χ4n) is 12.0. The van der Waals surface area contributed by atoms with E-state index in [1.165, 1.54) is 23.4 Å². The summed E-state index contributed by atoms with van der Waals surface area (Å²) in [5, 5.41) is 11.4. The van der Waals surface area contributed by atoms with E-state index in [1.54, 1.807) is 29.2 Å². The fourth-order valence-corrected chi connectivity index (χ4v) is 14.7. The number of piperidine rings is 2. The number of nitrogens with zero attached hydrogens (tertiary/aromatic N) is 5. The SMILES string of the molecule is COC(=O)[C@@H]1[C@@H]2[C@H](CN1C(=O)[C@@H](NC(=O)N[C@H](CN1CCN(C(=O)OCc3ccccc3)S1(=O)=O)C(C)(C)C)C(C)(C)C)C2(C)C.COC(=O)[C@@H]1[C@@H]2[C@H](CN1C(=O)[C@@H](NC(=O)N[C@H](CN1CCNS1(=O)=O)C(C)(C)C)C(C)(C)C)C2(C)C. The maximum atomic E-state index is 14.0. The molecule has 4 saturated heterocycles. The van der Waals surface area contributed by atoms with Crippen LogP contribution in [0.25, 0.3) is 0 Å². The minimum Gasteiger partial charge on any atom is -0.467 e. The van der Waals surface area contributed by atoms with E-state index in [-0.39, 0.29) is 79.1 Å². The van der Waals surface area contributed by atoms with E-state index in [4.69, 9.17) is 14.2 Å². The number of likely N-dealkylation sites (tertiary alicyclic amines) is 2. The molecule has 6 aliphatic rings. The van der Waals surface area contributed by atoms with Crippen LogP contribution >= 0.6 is 0 Å². The molecule has 5 N–H and O–H groups in total. The molecule has 4 aliphatic heterocycles. The molecule has 1 aromatic carbocycles. The highest BCUT2D eigenvalue weighted by Gasteiger charge is 2.71. The number of rotatable bonds is 14. The zero-order valence-corrected chi connectivity index (χ0v) is 52.9. The third-order valence-electron chi connectivity index (χ3n) is 17.7. The van der Waals surface area contributed by atoms with Crippen molar-refractivity contribution >= 4 is 62.3 Å². The lowest BCUT2D eigenvalue weighted by molar-refractivity contribution is -0.154. The average molecular weight is 1190 g/mol. The first kappa shape index (κ1) is 65.8. The van der Waals surface area contributed by atoms with Crippen molar-refractivity contribution in [2.24, 2.45) is 56.2 Å². The number of esters is 2. The van der Waals surface area contributed by atoms with E-state index < -0.39 is 108 Å². The fraction of sp³-hybridized carbons (Fsp3) is 0.768. The van der Waals surface area contributed by atoms with Gasteiger partial charge < -0.3 is 45.3 Å². The first-order valence-corrected chi connectivity index (χ1v) is 31.0. The molecule has 0 unspecified atom stereocenters. The van der Waals surface area contributed by atoms with Gasteiger partial charge in [-0.15, -0.1) is 0 Å². The Bertz CT molecular complexity index is 2810. The van der Waals surface area contributed by atoms with Gasteiger partial charge in [0, 0.05) is 69.7 Å². The van der Waals surface area contributed by atoms with Crippen LogP contribution in [0.3, 0.4) is 0 Å². The number of urea groups is 2. The van der Waals surface area contributed by atoms with Crippen LogP contribution in [0, 0.1) is 56.2 Å². The highest BCUT2D eigenvalue weighted by atomic mass is 32.2. The summed E-state index contributed by atoms with van der Waals surface area (Å²) in [5.41, 5.74) is -1.80. The topological polar surface area (TPSA) is 292 Å². The van der Waals surface area contributed by atoms with Crippen LogP contribution in [-0.2, 0) is 60.4 Å². The molecule has 0 aromatic heterocycles. The van der Waals surface area contributed by atoms with Crippen molar-refractivity contribution in [3.05, 3.63) is 35.9 Å². The van der Waals surface area contributed by atoms with Gasteiger partial charge in [0.05, 0.1) is 20.8 Å². The van der Waals surface area contributed by atoms with Crippen molar-refractivity contribution in [1.29, 1.82) is 0 Å². The van der Waals surface area contributed by atoms with Crippen molar-refractivity contribution in [3.8, 4) is 0 Å². The molecular weight excluding hydrogens is 1100 g/mol. The van der Waals surface area contributed by atoms with Gasteiger partial charge in [-0.1, -0.05) is 141 Å². The van der Waals surface area contributed by atoms with Crippen LogP contribution in [0.1, 0.15) is 116 Å². The molecule has 0 radical (unpaired) electrons. The third-order valence-corrected chi connectivity index (χ3v) is 21.1. The minimum atomic E-state index is -4.21. The summed E-state index contributed by atoms with van der Waals surface area (Å²) in [7, 11) is -5.15. The number of carbonyl (C=O) groups excluding carboxylic acids is 7. The molecule has 2 aliphatic carbocycles. The van der Waals surface area contributed by atoms with Crippen molar-refractivity contribution < 1.29 is 64.6 Å². The maximum Gasteiger partial charge on any atom is 0.424 e. The molecule has 7 amide bonds. The Morgan fingerprint density at radius 3 is 1.38 bits per heavy atom. The Balaban J connectivity index is 0.000000272. The Labute approximate surface area is 485 Å². The van der Waals surface area contributed by atoms with Crippen LogP contribution < -0.4 is 26.0 Å². The lowest BCUT2D eigenvalue weighted by atomic mass is 9.85. The van der Waals surface area contributed by atoms with Gasteiger partial charge in [0.2, 0.25) is 11.8 Å². The molecule has 462 valence electrons. The van der Waals surface area contributed by atoms with Gasteiger partial charge in [0.1, 0.15) is 30.8 Å². The number of ether oxygens (including phenoxy) is 3. The summed E-state index contributed by atoms with van der Waals surface area (Å²) in [6.45, 7) is 32.1. The van der Waals surface area contributed by atoms with Gasteiger partial charge in [0.15, 0.2) is 0 Å². The molecule has 0 bridgehead atoms. The normalized spacial score (nSPS) is 26.5. The molecule has 4 heterocycles. The average Bonchev–Trinajstić information content (AvgIpc) is 3.76. The van der Waals surface area contributed by atoms with E-state index in [9.17, 15) is 50.4 Å². The summed E-state index contributed by atoms with van der Waals surface area (Å²) in [6.07, 6.45) is -0.968. The minimum absolute atomic E-state index is 0.0128. The van der Waals surface area contributed by atoms with E-state index >= 15 is 0 Å². The van der Waals surface area contributed by atoms with Crippen molar-refractivity contribution in [2.45, 2.75) is 154 Å². The Morgan fingerprint density at radius 1 is 0.598 bits per heavy atom. The van der Waals surface area contributed by atoms with E-state index in [0.29, 0.717) is 30.5 Å². The molecule has 26 heteroatoms. The smallest absolute Gasteiger partial charge is 0.424 e. The highest BCUT2D eigenvalue weighted by molar-refractivity contribution is 7.87. The van der Waals surface area contributed by atoms with Crippen LogP contribution in [0.4, 0.5) is 14.4 Å². The van der Waals surface area contributed by atoms with Gasteiger partial charge in [0.25, 0.3) is 10.2 Å². The van der Waals surface area contributed by atoms with Crippen molar-refractivity contribution in [3.63, 3.8) is 0 Å². The number of fused-ring (bicyclic) bond motifs is 2. The van der Waals surface area contributed by atoms with Crippen LogP contribution in [0.2, 0.25) is 0 Å². The van der Waals surface area contributed by atoms with Gasteiger partial charge in [-0.3, -0.25) is 9.59 Å². The quantitative estimate of drug-likeness (QED) is 0.131. The molecule has 24 nitrogen and oxygen atoms in total. The molecular formula is C56H92N10O14S2. The predicted octanol–water partition coefficient (Wildman–Crippen LogP) is 3.89. The van der Waals surface area contributed by atoms with Gasteiger partial charge in [-0.2, -0.15) is 29.8 Å². The molecule has 6 fully saturated rings. The first-order chi connectivity index (χ1) is 37.5. The summed E-state index contributed by atoms with van der Waals surface area (Å²) in [4.78, 5) is 95.7. The Morgan fingerprint density at radius 2 is 1.01 bits per heavy atom. The van der Waals surface area contributed by atoms with E-state index in [2.05, 4.69) is 53.7 Å². The molecule has 82 heavy (non-hydrogen) atoms. The number of carbonyl (C=O) groups is 7. The Hall–Kier alpha value is -5.31. The molecule has 0 spiro atoms. The zero-order chi connectivity index (χ0) is 61.8. The molecule has 2 saturated carbocycles. The zero-order valence-electron chi connectivity index (χ0n) is 51.3. The number of amides is 7. The molecule has 10 atom stereocenters. The monoisotopic (exact) mass is 1190 g/mol. The summed E-state index contributed by atoms with van der Waals surface area (Å²) in [5.74, 6) is -1.22. The number of benzene rings is 1. The lowest BCUT2D eigenvalue weighted by Crippen LogP contribution is -2.61. The summed E-state index contributed by atoms with van der Waals surface area (Å²) >= 11 is 0. The number of nitrogens with one attached hydrogen (secondary N) is 5. The summed E-state index contributed by atoms with van der Waals surface area (Å²) in [6, 6.07) is 3.26.